The Morgan fingerprint density at radius 1 is 1.33 bits per heavy atom. The lowest BCUT2D eigenvalue weighted by molar-refractivity contribution is 0.183. The lowest BCUT2D eigenvalue weighted by Gasteiger charge is -2.18. The summed E-state index contributed by atoms with van der Waals surface area (Å²) in [6.07, 6.45) is 0.448. The van der Waals surface area contributed by atoms with Crippen LogP contribution in [0.5, 0.6) is 0 Å². The monoisotopic (exact) mass is 309 g/mol. The van der Waals surface area contributed by atoms with E-state index in [2.05, 4.69) is 28.3 Å². The van der Waals surface area contributed by atoms with Crippen LogP contribution in [0, 0.1) is 0 Å². The number of halogens is 1. The molecule has 0 aliphatic rings. The van der Waals surface area contributed by atoms with E-state index in [1.54, 1.807) is 6.92 Å². The maximum Gasteiger partial charge on any atom is 0.138 e. The molecule has 1 atom stereocenters. The Bertz CT molecular complexity index is 590. The topological polar surface area (TPSA) is 41.3 Å². The van der Waals surface area contributed by atoms with Crippen LogP contribution in [-0.4, -0.2) is 39.2 Å². The van der Waals surface area contributed by atoms with Crippen molar-refractivity contribution in [3.8, 4) is 0 Å². The zero-order chi connectivity index (χ0) is 15.4. The van der Waals surface area contributed by atoms with Gasteiger partial charge in [0.1, 0.15) is 11.9 Å². The Morgan fingerprint density at radius 3 is 2.67 bits per heavy atom. The fourth-order valence-corrected chi connectivity index (χ4v) is 2.83. The number of nitrogens with zero attached hydrogens (tertiary/aromatic N) is 3. The quantitative estimate of drug-likeness (QED) is 0.851. The Hall–Kier alpha value is -1.10. The molecule has 0 aliphatic carbocycles. The number of aromatic nitrogens is 2. The second-order valence-corrected chi connectivity index (χ2v) is 5.75. The first kappa shape index (κ1) is 16.3. The van der Waals surface area contributed by atoms with Gasteiger partial charge in [0.05, 0.1) is 11.0 Å². The summed E-state index contributed by atoms with van der Waals surface area (Å²) in [6.45, 7) is 10.1. The van der Waals surface area contributed by atoms with Crippen LogP contribution in [0.2, 0.25) is 5.02 Å². The molecule has 0 spiro atoms. The zero-order valence-corrected chi connectivity index (χ0v) is 13.8. The number of aryl methyl sites for hydroxylation is 1. The summed E-state index contributed by atoms with van der Waals surface area (Å²) < 4.78 is 2.09. The Morgan fingerprint density at radius 2 is 2.05 bits per heavy atom. The van der Waals surface area contributed by atoms with Gasteiger partial charge in [0.25, 0.3) is 0 Å². The van der Waals surface area contributed by atoms with Crippen LogP contribution in [-0.2, 0) is 6.54 Å². The lowest BCUT2D eigenvalue weighted by Crippen LogP contribution is -2.25. The molecule has 1 aromatic heterocycles. The molecule has 0 bridgehead atoms. The Balaban J connectivity index is 2.23. The first-order valence-corrected chi connectivity index (χ1v) is 8.00. The molecule has 1 unspecified atom stereocenters. The molecule has 1 aromatic carbocycles. The highest BCUT2D eigenvalue weighted by atomic mass is 35.5. The lowest BCUT2D eigenvalue weighted by atomic mass is 10.3. The Kier molecular flexibility index (Phi) is 5.62. The second kappa shape index (κ2) is 7.25. The summed E-state index contributed by atoms with van der Waals surface area (Å²) in [4.78, 5) is 6.93. The van der Waals surface area contributed by atoms with E-state index in [4.69, 9.17) is 11.6 Å². The molecule has 0 radical (unpaired) electrons. The van der Waals surface area contributed by atoms with Gasteiger partial charge in [0, 0.05) is 11.6 Å². The van der Waals surface area contributed by atoms with Crippen molar-refractivity contribution in [2.45, 2.75) is 39.8 Å². The molecule has 2 aromatic rings. The highest BCUT2D eigenvalue weighted by Crippen LogP contribution is 2.24. The zero-order valence-electron chi connectivity index (χ0n) is 13.0. The van der Waals surface area contributed by atoms with Gasteiger partial charge in [-0.3, -0.25) is 0 Å². The predicted molar refractivity (Wildman–Crippen MR) is 87.8 cm³/mol. The van der Waals surface area contributed by atoms with Gasteiger partial charge in [-0.2, -0.15) is 0 Å². The van der Waals surface area contributed by atoms with Gasteiger partial charge >= 0.3 is 0 Å². The predicted octanol–water partition coefficient (Wildman–Crippen LogP) is 3.47. The number of rotatable bonds is 7. The normalized spacial score (nSPS) is 13.2. The SMILES string of the molecule is CCN(CC)CCCn1c(C(C)O)nc2ccc(Cl)cc21. The molecule has 4 nitrogen and oxygen atoms in total. The summed E-state index contributed by atoms with van der Waals surface area (Å²) in [5.41, 5.74) is 1.89. The fourth-order valence-electron chi connectivity index (χ4n) is 2.66. The van der Waals surface area contributed by atoms with E-state index >= 15 is 0 Å². The number of hydrogen-bond acceptors (Lipinski definition) is 3. The van der Waals surface area contributed by atoms with Gasteiger partial charge in [-0.05, 0) is 51.2 Å². The van der Waals surface area contributed by atoms with Crippen molar-refractivity contribution in [1.29, 1.82) is 0 Å². The van der Waals surface area contributed by atoms with Crippen molar-refractivity contribution in [1.82, 2.24) is 14.5 Å². The van der Waals surface area contributed by atoms with E-state index in [9.17, 15) is 5.11 Å². The third-order valence-corrected chi connectivity index (χ3v) is 4.10. The molecular weight excluding hydrogens is 286 g/mol. The van der Waals surface area contributed by atoms with E-state index in [0.717, 1.165) is 43.6 Å². The third kappa shape index (κ3) is 3.76. The second-order valence-electron chi connectivity index (χ2n) is 5.31. The van der Waals surface area contributed by atoms with Crippen molar-refractivity contribution in [2.24, 2.45) is 0 Å². The first-order valence-electron chi connectivity index (χ1n) is 7.62. The van der Waals surface area contributed by atoms with Crippen LogP contribution in [0.3, 0.4) is 0 Å². The van der Waals surface area contributed by atoms with Crippen LogP contribution in [0.1, 0.15) is 39.1 Å². The summed E-state index contributed by atoms with van der Waals surface area (Å²) in [5, 5.41) is 10.6. The minimum Gasteiger partial charge on any atom is -0.385 e. The molecule has 0 saturated carbocycles. The largest absolute Gasteiger partial charge is 0.385 e. The molecule has 1 N–H and O–H groups in total. The summed E-state index contributed by atoms with van der Waals surface area (Å²) in [6, 6.07) is 5.67. The average molecular weight is 310 g/mol. The van der Waals surface area contributed by atoms with Gasteiger partial charge in [-0.15, -0.1) is 0 Å². The summed E-state index contributed by atoms with van der Waals surface area (Å²) in [5.74, 6) is 0.715. The van der Waals surface area contributed by atoms with Crippen LogP contribution in [0.25, 0.3) is 11.0 Å². The summed E-state index contributed by atoms with van der Waals surface area (Å²) in [7, 11) is 0. The van der Waals surface area contributed by atoms with E-state index in [1.165, 1.54) is 0 Å². The van der Waals surface area contributed by atoms with Gasteiger partial charge in [-0.1, -0.05) is 25.4 Å². The molecule has 116 valence electrons. The fraction of sp³-hybridized carbons (Fsp3) is 0.562. The van der Waals surface area contributed by atoms with Crippen LogP contribution in [0.15, 0.2) is 18.2 Å². The van der Waals surface area contributed by atoms with Gasteiger partial charge in [0.15, 0.2) is 0 Å². The van der Waals surface area contributed by atoms with Gasteiger partial charge < -0.3 is 14.6 Å². The standard InChI is InChI=1S/C16H24ClN3O/c1-4-19(5-2)9-6-10-20-15-11-13(17)7-8-14(15)18-16(20)12(3)21/h7-8,11-12,21H,4-6,9-10H2,1-3H3. The molecule has 0 aliphatic heterocycles. The molecule has 21 heavy (non-hydrogen) atoms. The number of aliphatic hydroxyl groups excluding tert-OH is 1. The van der Waals surface area contributed by atoms with E-state index in [0.29, 0.717) is 10.8 Å². The maximum atomic E-state index is 9.95. The third-order valence-electron chi connectivity index (χ3n) is 3.86. The molecular formula is C16H24ClN3O. The molecule has 2 rings (SSSR count). The van der Waals surface area contributed by atoms with Gasteiger partial charge in [0.2, 0.25) is 0 Å². The molecule has 5 heteroatoms. The number of aliphatic hydroxyl groups is 1. The number of hydrogen-bond donors (Lipinski definition) is 1. The van der Waals surface area contributed by atoms with Crippen molar-refractivity contribution in [3.63, 3.8) is 0 Å². The molecule has 0 saturated heterocycles. The van der Waals surface area contributed by atoms with E-state index < -0.39 is 6.10 Å². The molecule has 0 fully saturated rings. The minimum absolute atomic E-state index is 0.579. The highest BCUT2D eigenvalue weighted by Gasteiger charge is 2.15. The summed E-state index contributed by atoms with van der Waals surface area (Å²) >= 11 is 6.10. The van der Waals surface area contributed by atoms with Crippen LogP contribution >= 0.6 is 11.6 Å². The van der Waals surface area contributed by atoms with Crippen molar-refractivity contribution >= 4 is 22.6 Å². The van der Waals surface area contributed by atoms with E-state index in [-0.39, 0.29) is 0 Å². The first-order chi connectivity index (χ1) is 10.1. The molecule has 0 amide bonds. The smallest absolute Gasteiger partial charge is 0.138 e. The number of benzene rings is 1. The number of imidazole rings is 1. The van der Waals surface area contributed by atoms with Crippen molar-refractivity contribution in [3.05, 3.63) is 29.0 Å². The Labute approximate surface area is 131 Å². The van der Waals surface area contributed by atoms with Crippen molar-refractivity contribution < 1.29 is 5.11 Å². The van der Waals surface area contributed by atoms with E-state index in [1.807, 2.05) is 18.2 Å². The number of fused-ring (bicyclic) bond motifs is 1. The van der Waals surface area contributed by atoms with Crippen LogP contribution in [0.4, 0.5) is 0 Å². The highest BCUT2D eigenvalue weighted by molar-refractivity contribution is 6.31. The maximum absolute atomic E-state index is 9.95. The molecule has 1 heterocycles. The minimum atomic E-state index is -0.579. The van der Waals surface area contributed by atoms with Gasteiger partial charge in [-0.25, -0.2) is 4.98 Å². The average Bonchev–Trinajstić information content (AvgIpc) is 2.82. The van der Waals surface area contributed by atoms with Crippen molar-refractivity contribution in [2.75, 3.05) is 19.6 Å². The van der Waals surface area contributed by atoms with Crippen LogP contribution < -0.4 is 0 Å².